The van der Waals surface area contributed by atoms with Gasteiger partial charge in [-0.1, -0.05) is 0 Å². The van der Waals surface area contributed by atoms with Crippen LogP contribution in [0.15, 0.2) is 36.7 Å². The van der Waals surface area contributed by atoms with E-state index in [-0.39, 0.29) is 0 Å². The van der Waals surface area contributed by atoms with Crippen molar-refractivity contribution in [3.05, 3.63) is 153 Å². The topological polar surface area (TPSA) is 43.2 Å². The molecule has 0 unspecified atom stereocenters. The van der Waals surface area contributed by atoms with Gasteiger partial charge in [-0.05, 0) is 246 Å². The van der Waals surface area contributed by atoms with Gasteiger partial charge < -0.3 is 9.80 Å². The second-order valence-electron chi connectivity index (χ2n) is 17.6. The summed E-state index contributed by atoms with van der Waals surface area (Å²) in [5.74, 6) is 0. The molecular formula is C54H58N4. The third-order valence-electron chi connectivity index (χ3n) is 15.4. The number of nitrogens with zero attached hydrogens (tertiary/aromatic N) is 4. The lowest BCUT2D eigenvalue weighted by Gasteiger charge is -2.42. The average molecular weight is 763 g/mol. The first-order chi connectivity index (χ1) is 27.4. The predicted molar refractivity (Wildman–Crippen MR) is 245 cm³/mol. The SMILES string of the molecule is Cc1c(C)c(C)c2c(c1C)Cc1c(C)c(C)c(C)c(C)c1N2c1ccncc1-c1cc(C#N)ccc1N1c2c(C)c(C)c(C)c(C)c2Cc2c(C)c(C)c(C)c(C)c21. The molecule has 8 rings (SSSR count). The summed E-state index contributed by atoms with van der Waals surface area (Å²) in [6, 6.07) is 11.0. The number of nitriles is 1. The van der Waals surface area contributed by atoms with Crippen molar-refractivity contribution in [3.8, 4) is 17.2 Å². The third-order valence-corrected chi connectivity index (χ3v) is 15.4. The molecule has 0 atom stereocenters. The van der Waals surface area contributed by atoms with Crippen LogP contribution in [0.3, 0.4) is 0 Å². The summed E-state index contributed by atoms with van der Waals surface area (Å²) in [5.41, 5.74) is 36.8. The number of fused-ring (bicyclic) bond motifs is 4. The minimum Gasteiger partial charge on any atom is -0.309 e. The van der Waals surface area contributed by atoms with E-state index in [1.165, 1.54) is 134 Å². The maximum absolute atomic E-state index is 10.6. The van der Waals surface area contributed by atoms with Crippen LogP contribution < -0.4 is 9.80 Å². The van der Waals surface area contributed by atoms with Gasteiger partial charge in [-0.25, -0.2) is 0 Å². The molecular weight excluding hydrogens is 705 g/mol. The Bertz CT molecular complexity index is 2720. The van der Waals surface area contributed by atoms with Crippen LogP contribution in [0, 0.1) is 122 Å². The largest absolute Gasteiger partial charge is 0.309 e. The molecule has 0 radical (unpaired) electrons. The molecule has 2 aliphatic rings. The van der Waals surface area contributed by atoms with Crippen molar-refractivity contribution in [2.24, 2.45) is 0 Å². The molecule has 58 heavy (non-hydrogen) atoms. The van der Waals surface area contributed by atoms with Crippen molar-refractivity contribution in [2.45, 2.75) is 124 Å². The number of aromatic nitrogens is 1. The molecule has 5 aromatic carbocycles. The molecule has 3 heterocycles. The second-order valence-corrected chi connectivity index (χ2v) is 17.6. The molecule has 294 valence electrons. The molecule has 4 nitrogen and oxygen atoms in total. The van der Waals surface area contributed by atoms with E-state index in [2.05, 4.69) is 145 Å². The molecule has 0 N–H and O–H groups in total. The van der Waals surface area contributed by atoms with Crippen LogP contribution in [-0.4, -0.2) is 4.98 Å². The van der Waals surface area contributed by atoms with E-state index in [9.17, 15) is 5.26 Å². The van der Waals surface area contributed by atoms with Gasteiger partial charge in [0.05, 0.1) is 45.8 Å². The van der Waals surface area contributed by atoms with Crippen molar-refractivity contribution in [3.63, 3.8) is 0 Å². The summed E-state index contributed by atoms with van der Waals surface area (Å²) >= 11 is 0. The normalized spacial score (nSPS) is 12.9. The Morgan fingerprint density at radius 2 is 0.741 bits per heavy atom. The van der Waals surface area contributed by atoms with E-state index in [0.29, 0.717) is 5.56 Å². The number of anilines is 6. The van der Waals surface area contributed by atoms with E-state index in [4.69, 9.17) is 4.98 Å². The minimum absolute atomic E-state index is 0.628. The van der Waals surface area contributed by atoms with E-state index in [1.807, 2.05) is 18.5 Å². The number of hydrogen-bond acceptors (Lipinski definition) is 4. The Hall–Kier alpha value is -5.66. The summed E-state index contributed by atoms with van der Waals surface area (Å²) in [4.78, 5) is 10.0. The standard InChI is InChI=1S/C54H58N4/c1-26-30(5)38(13)51-43(34(26)9)22-44-35(10)27(2)31(6)39(14)52(44)57(51)49-18-17-42(24-55)21-47(49)48-25-56-20-19-50(48)58-53-40(15)32(7)28(3)36(11)45(53)23-46-37(12)29(4)33(8)41(16)54(46)58/h17-21,25H,22-23H2,1-16H3. The van der Waals surface area contributed by atoms with E-state index in [1.54, 1.807) is 0 Å². The highest BCUT2D eigenvalue weighted by Gasteiger charge is 2.37. The van der Waals surface area contributed by atoms with Crippen LogP contribution in [0.2, 0.25) is 0 Å². The Labute approximate surface area is 347 Å². The zero-order valence-corrected chi connectivity index (χ0v) is 37.7. The first-order valence-electron chi connectivity index (χ1n) is 20.9. The van der Waals surface area contributed by atoms with Gasteiger partial charge in [0.1, 0.15) is 0 Å². The lowest BCUT2D eigenvalue weighted by atomic mass is 9.80. The van der Waals surface area contributed by atoms with E-state index >= 15 is 0 Å². The fraction of sp³-hybridized carbons (Fsp3) is 0.333. The summed E-state index contributed by atoms with van der Waals surface area (Å²) in [5, 5.41) is 10.6. The Balaban J connectivity index is 1.52. The van der Waals surface area contributed by atoms with Crippen molar-refractivity contribution in [1.29, 1.82) is 5.26 Å². The summed E-state index contributed by atoms with van der Waals surface area (Å²) in [6.07, 6.45) is 5.77. The predicted octanol–water partition coefficient (Wildman–Crippen LogP) is 14.3. The van der Waals surface area contributed by atoms with E-state index < -0.39 is 0 Å². The monoisotopic (exact) mass is 762 g/mol. The molecule has 6 aromatic rings. The van der Waals surface area contributed by atoms with Crippen LogP contribution >= 0.6 is 0 Å². The van der Waals surface area contributed by atoms with Crippen molar-refractivity contribution in [2.75, 3.05) is 9.80 Å². The summed E-state index contributed by atoms with van der Waals surface area (Å²) in [6.45, 7) is 36.6. The maximum atomic E-state index is 10.6. The van der Waals surface area contributed by atoms with Gasteiger partial charge in [0, 0.05) is 36.4 Å². The van der Waals surface area contributed by atoms with E-state index in [0.717, 1.165) is 35.3 Å². The van der Waals surface area contributed by atoms with Crippen LogP contribution in [0.4, 0.5) is 34.1 Å². The van der Waals surface area contributed by atoms with Gasteiger partial charge in [-0.2, -0.15) is 5.26 Å². The van der Waals surface area contributed by atoms with Crippen LogP contribution in [-0.2, 0) is 12.8 Å². The third kappa shape index (κ3) is 5.28. The van der Waals surface area contributed by atoms with Gasteiger partial charge in [-0.3, -0.25) is 4.98 Å². The van der Waals surface area contributed by atoms with Crippen molar-refractivity contribution >= 4 is 34.1 Å². The Morgan fingerprint density at radius 3 is 1.09 bits per heavy atom. The van der Waals surface area contributed by atoms with Gasteiger partial charge >= 0.3 is 0 Å². The lowest BCUT2D eigenvalue weighted by Crippen LogP contribution is -2.26. The second kappa shape index (κ2) is 13.7. The molecule has 0 bridgehead atoms. The number of benzene rings is 5. The van der Waals surface area contributed by atoms with Crippen LogP contribution in [0.25, 0.3) is 11.1 Å². The van der Waals surface area contributed by atoms with Crippen LogP contribution in [0.5, 0.6) is 0 Å². The zero-order valence-electron chi connectivity index (χ0n) is 37.7. The fourth-order valence-electron chi connectivity index (χ4n) is 10.4. The Morgan fingerprint density at radius 1 is 0.414 bits per heavy atom. The highest BCUT2D eigenvalue weighted by atomic mass is 15.2. The quantitative estimate of drug-likeness (QED) is 0.180. The number of rotatable bonds is 3. The molecule has 1 aromatic heterocycles. The van der Waals surface area contributed by atoms with Gasteiger partial charge in [-0.15, -0.1) is 0 Å². The van der Waals surface area contributed by atoms with Crippen LogP contribution in [0.1, 0.15) is 117 Å². The molecule has 0 spiro atoms. The molecule has 0 saturated heterocycles. The zero-order chi connectivity index (χ0) is 42.0. The summed E-state index contributed by atoms with van der Waals surface area (Å²) < 4.78 is 0. The highest BCUT2D eigenvalue weighted by molar-refractivity contribution is 6.01. The maximum Gasteiger partial charge on any atom is 0.0991 e. The molecule has 4 heteroatoms. The average Bonchev–Trinajstić information content (AvgIpc) is 3.24. The van der Waals surface area contributed by atoms with Gasteiger partial charge in [0.25, 0.3) is 0 Å². The Kier molecular flexibility index (Phi) is 9.28. The minimum atomic E-state index is 0.628. The molecule has 2 aliphatic heterocycles. The summed E-state index contributed by atoms with van der Waals surface area (Å²) in [7, 11) is 0. The molecule has 0 amide bonds. The number of hydrogen-bond donors (Lipinski definition) is 0. The van der Waals surface area contributed by atoms with Crippen molar-refractivity contribution < 1.29 is 0 Å². The molecule has 0 saturated carbocycles. The first-order valence-corrected chi connectivity index (χ1v) is 20.9. The van der Waals surface area contributed by atoms with Crippen molar-refractivity contribution in [1.82, 2.24) is 4.98 Å². The highest BCUT2D eigenvalue weighted by Crippen LogP contribution is 2.57. The fourth-order valence-corrected chi connectivity index (χ4v) is 10.4. The molecule has 0 fully saturated rings. The smallest absolute Gasteiger partial charge is 0.0991 e. The van der Waals surface area contributed by atoms with Gasteiger partial charge in [0.2, 0.25) is 0 Å². The number of pyridine rings is 1. The molecule has 0 aliphatic carbocycles. The lowest BCUT2D eigenvalue weighted by molar-refractivity contribution is 0.993. The first kappa shape index (κ1) is 39.2. The van der Waals surface area contributed by atoms with Gasteiger partial charge in [0.15, 0.2) is 0 Å².